The van der Waals surface area contributed by atoms with Crippen LogP contribution < -0.4 is 4.90 Å². The van der Waals surface area contributed by atoms with Crippen LogP contribution in [0.1, 0.15) is 84.4 Å². The van der Waals surface area contributed by atoms with Gasteiger partial charge in [-0.15, -0.1) is 0 Å². The van der Waals surface area contributed by atoms with Crippen LogP contribution >= 0.6 is 0 Å². The number of carbonyl (C=O) groups is 1. The average Bonchev–Trinajstić information content (AvgIpc) is 3.28. The molecule has 1 atom stereocenters. The normalized spacial score (nSPS) is 20.4. The standard InChI is InChI=1S/C32H39NO2/c1-9-23-26(10-2)32(12-4)27(11-3)24-15-13-14-16-25(24)29(32)28(23)21-17-19-22(20-18-21)33(8)30(34)35-31(5,6)7/h11,13-20H,9-10,12H2,1-8H3/b27-11+. The highest BCUT2D eigenvalue weighted by molar-refractivity contribution is 6.16. The molecule has 1 unspecified atom stereocenters. The summed E-state index contributed by atoms with van der Waals surface area (Å²) in [5.74, 6) is 0. The van der Waals surface area contributed by atoms with Crippen molar-refractivity contribution in [1.29, 1.82) is 0 Å². The fourth-order valence-electron chi connectivity index (χ4n) is 6.25. The molecule has 0 spiro atoms. The zero-order valence-corrected chi connectivity index (χ0v) is 22.6. The van der Waals surface area contributed by atoms with Gasteiger partial charge in [-0.3, -0.25) is 4.90 Å². The van der Waals surface area contributed by atoms with Gasteiger partial charge >= 0.3 is 6.09 Å². The molecule has 0 aromatic heterocycles. The highest BCUT2D eigenvalue weighted by Gasteiger charge is 2.52. The maximum absolute atomic E-state index is 12.6. The van der Waals surface area contributed by atoms with Crippen LogP contribution in [-0.2, 0) is 4.74 Å². The number of ether oxygens (including phenoxy) is 1. The van der Waals surface area contributed by atoms with Crippen LogP contribution in [0.25, 0.3) is 16.7 Å². The summed E-state index contributed by atoms with van der Waals surface area (Å²) in [6, 6.07) is 17.3. The smallest absolute Gasteiger partial charge is 0.414 e. The summed E-state index contributed by atoms with van der Waals surface area (Å²) in [6.07, 6.45) is 5.08. The van der Waals surface area contributed by atoms with Crippen molar-refractivity contribution in [3.8, 4) is 0 Å². The zero-order valence-electron chi connectivity index (χ0n) is 22.6. The van der Waals surface area contributed by atoms with Crippen LogP contribution in [0, 0.1) is 5.41 Å². The van der Waals surface area contributed by atoms with Crippen molar-refractivity contribution in [2.45, 2.75) is 73.3 Å². The van der Waals surface area contributed by atoms with Crippen LogP contribution in [-0.4, -0.2) is 18.7 Å². The molecule has 35 heavy (non-hydrogen) atoms. The van der Waals surface area contributed by atoms with Crippen molar-refractivity contribution in [1.82, 2.24) is 0 Å². The Morgan fingerprint density at radius 3 is 2.11 bits per heavy atom. The van der Waals surface area contributed by atoms with E-state index < -0.39 is 5.60 Å². The van der Waals surface area contributed by atoms with E-state index in [-0.39, 0.29) is 11.5 Å². The summed E-state index contributed by atoms with van der Waals surface area (Å²) in [4.78, 5) is 14.2. The molecule has 0 N–H and O–H groups in total. The first kappa shape index (κ1) is 25.0. The van der Waals surface area contributed by atoms with Gasteiger partial charge in [-0.25, -0.2) is 4.79 Å². The quantitative estimate of drug-likeness (QED) is 0.437. The molecule has 2 aliphatic carbocycles. The van der Waals surface area contributed by atoms with Crippen LogP contribution in [0.5, 0.6) is 0 Å². The van der Waals surface area contributed by atoms with Gasteiger partial charge in [0, 0.05) is 18.2 Å². The Balaban J connectivity index is 1.88. The lowest BCUT2D eigenvalue weighted by Crippen LogP contribution is -2.34. The molecular weight excluding hydrogens is 430 g/mol. The van der Waals surface area contributed by atoms with E-state index in [1.165, 1.54) is 39.0 Å². The fourth-order valence-corrected chi connectivity index (χ4v) is 6.25. The number of anilines is 1. The Morgan fingerprint density at radius 2 is 1.60 bits per heavy atom. The van der Waals surface area contributed by atoms with E-state index in [0.717, 1.165) is 24.9 Å². The third kappa shape index (κ3) is 3.86. The molecule has 0 fully saturated rings. The first-order valence-corrected chi connectivity index (χ1v) is 13.0. The Labute approximate surface area is 211 Å². The summed E-state index contributed by atoms with van der Waals surface area (Å²) in [6.45, 7) is 14.8. The van der Waals surface area contributed by atoms with Gasteiger partial charge in [-0.05, 0) is 98.1 Å². The van der Waals surface area contributed by atoms with Gasteiger partial charge in [0.2, 0.25) is 0 Å². The number of carbonyl (C=O) groups excluding carboxylic acids is 1. The van der Waals surface area contributed by atoms with Crippen molar-refractivity contribution in [2.75, 3.05) is 11.9 Å². The van der Waals surface area contributed by atoms with Crippen molar-refractivity contribution in [3.05, 3.63) is 82.4 Å². The lowest BCUT2D eigenvalue weighted by atomic mass is 9.70. The van der Waals surface area contributed by atoms with Gasteiger partial charge in [0.1, 0.15) is 5.60 Å². The van der Waals surface area contributed by atoms with E-state index in [9.17, 15) is 4.79 Å². The number of nitrogens with zero attached hydrogens (tertiary/aromatic N) is 1. The molecule has 3 heteroatoms. The topological polar surface area (TPSA) is 29.5 Å². The summed E-state index contributed by atoms with van der Waals surface area (Å²) >= 11 is 0. The molecule has 2 aromatic carbocycles. The van der Waals surface area contributed by atoms with Crippen LogP contribution in [0.2, 0.25) is 0 Å². The molecule has 0 saturated heterocycles. The fraction of sp³-hybridized carbons (Fsp3) is 0.406. The highest BCUT2D eigenvalue weighted by Crippen LogP contribution is 2.68. The van der Waals surface area contributed by atoms with Gasteiger partial charge in [0.15, 0.2) is 0 Å². The molecule has 0 bridgehead atoms. The number of allylic oxidation sites excluding steroid dienone is 6. The lowest BCUT2D eigenvalue weighted by Gasteiger charge is -2.32. The molecule has 2 aromatic rings. The van der Waals surface area contributed by atoms with Gasteiger partial charge in [0.25, 0.3) is 0 Å². The molecule has 0 saturated carbocycles. The molecule has 1 amide bonds. The van der Waals surface area contributed by atoms with Gasteiger partial charge in [0.05, 0.1) is 0 Å². The summed E-state index contributed by atoms with van der Waals surface area (Å²) in [5.41, 5.74) is 11.5. The summed E-state index contributed by atoms with van der Waals surface area (Å²) < 4.78 is 5.56. The minimum atomic E-state index is -0.525. The van der Waals surface area contributed by atoms with Crippen LogP contribution in [0.15, 0.2) is 65.8 Å². The number of fused-ring (bicyclic) bond motifs is 3. The Bertz CT molecular complexity index is 1240. The Morgan fingerprint density at radius 1 is 0.971 bits per heavy atom. The third-order valence-corrected chi connectivity index (χ3v) is 7.54. The second-order valence-electron chi connectivity index (χ2n) is 10.5. The second-order valence-corrected chi connectivity index (χ2v) is 10.5. The molecular formula is C32H39NO2. The number of hydrogen-bond donors (Lipinski definition) is 0. The van der Waals surface area contributed by atoms with E-state index in [1.54, 1.807) is 17.5 Å². The minimum Gasteiger partial charge on any atom is -0.443 e. The van der Waals surface area contributed by atoms with Crippen LogP contribution in [0.4, 0.5) is 10.5 Å². The SMILES string of the molecule is C/C=C1\c2ccccc2C2=C(c3ccc(N(C)C(=O)OC(C)(C)C)cc3)C(CC)=C(CC)C21CC. The van der Waals surface area contributed by atoms with Gasteiger partial charge < -0.3 is 4.74 Å². The van der Waals surface area contributed by atoms with E-state index in [0.29, 0.717) is 0 Å². The molecule has 4 rings (SSSR count). The number of benzene rings is 2. The molecule has 2 aliphatic rings. The minimum absolute atomic E-state index is 0.0557. The first-order valence-electron chi connectivity index (χ1n) is 13.0. The highest BCUT2D eigenvalue weighted by atomic mass is 16.6. The average molecular weight is 470 g/mol. The van der Waals surface area contributed by atoms with E-state index >= 15 is 0 Å². The third-order valence-electron chi connectivity index (χ3n) is 7.54. The predicted octanol–water partition coefficient (Wildman–Crippen LogP) is 8.91. The first-order chi connectivity index (χ1) is 16.6. The monoisotopic (exact) mass is 469 g/mol. The van der Waals surface area contributed by atoms with Crippen molar-refractivity contribution >= 4 is 28.5 Å². The predicted molar refractivity (Wildman–Crippen MR) is 148 cm³/mol. The molecule has 184 valence electrons. The largest absolute Gasteiger partial charge is 0.443 e. The molecule has 3 nitrogen and oxygen atoms in total. The van der Waals surface area contributed by atoms with E-state index in [2.05, 4.69) is 70.2 Å². The number of rotatable bonds is 5. The summed E-state index contributed by atoms with van der Waals surface area (Å²) in [5, 5.41) is 0. The van der Waals surface area contributed by atoms with Gasteiger partial charge in [-0.2, -0.15) is 0 Å². The summed E-state index contributed by atoms with van der Waals surface area (Å²) in [7, 11) is 1.76. The van der Waals surface area contributed by atoms with Crippen LogP contribution in [0.3, 0.4) is 0 Å². The Kier molecular flexibility index (Phi) is 6.57. The molecule has 0 aliphatic heterocycles. The van der Waals surface area contributed by atoms with Crippen molar-refractivity contribution in [3.63, 3.8) is 0 Å². The second kappa shape index (κ2) is 9.18. The van der Waals surface area contributed by atoms with Crippen molar-refractivity contribution in [2.24, 2.45) is 5.41 Å². The maximum Gasteiger partial charge on any atom is 0.414 e. The lowest BCUT2D eigenvalue weighted by molar-refractivity contribution is 0.0589. The van der Waals surface area contributed by atoms with E-state index in [4.69, 9.17) is 4.74 Å². The Hall–Kier alpha value is -3.07. The zero-order chi connectivity index (χ0) is 25.5. The van der Waals surface area contributed by atoms with Crippen molar-refractivity contribution < 1.29 is 9.53 Å². The van der Waals surface area contributed by atoms with Gasteiger partial charge in [-0.1, -0.05) is 68.8 Å². The van der Waals surface area contributed by atoms with E-state index in [1.807, 2.05) is 32.9 Å². The molecule has 0 heterocycles. The molecule has 0 radical (unpaired) electrons. The number of hydrogen-bond acceptors (Lipinski definition) is 2. The maximum atomic E-state index is 12.6. The number of amides is 1.